The zero-order valence-corrected chi connectivity index (χ0v) is 18.8. The summed E-state index contributed by atoms with van der Waals surface area (Å²) in [5.74, 6) is -1.73. The van der Waals surface area contributed by atoms with E-state index in [9.17, 15) is 29.6 Å². The molecule has 1 fully saturated rings. The van der Waals surface area contributed by atoms with E-state index < -0.39 is 28.3 Å². The van der Waals surface area contributed by atoms with Crippen LogP contribution in [0.1, 0.15) is 75.1 Å². The molecule has 1 amide bonds. The van der Waals surface area contributed by atoms with Crippen LogP contribution in [0.5, 0.6) is 0 Å². The summed E-state index contributed by atoms with van der Waals surface area (Å²) in [4.78, 5) is 46.8. The molecule has 1 aromatic rings. The minimum atomic E-state index is -1.04. The first-order valence-electron chi connectivity index (χ1n) is 10.9. The van der Waals surface area contributed by atoms with Gasteiger partial charge in [-0.15, -0.1) is 11.8 Å². The Hall–Kier alpha value is -2.62. The van der Waals surface area contributed by atoms with Crippen LogP contribution >= 0.6 is 11.8 Å². The first-order valence-corrected chi connectivity index (χ1v) is 12.0. The zero-order chi connectivity index (χ0) is 23.5. The fourth-order valence-corrected chi connectivity index (χ4v) is 5.20. The summed E-state index contributed by atoms with van der Waals surface area (Å²) in [6.45, 7) is 0. The van der Waals surface area contributed by atoms with E-state index in [1.807, 2.05) is 0 Å². The molecular weight excluding hydrogens is 436 g/mol. The fraction of sp³-hybridized carbons (Fsp3) is 0.591. The molecule has 0 spiro atoms. The van der Waals surface area contributed by atoms with Gasteiger partial charge in [0.15, 0.2) is 0 Å². The monoisotopic (exact) mass is 466 g/mol. The van der Waals surface area contributed by atoms with E-state index in [0.29, 0.717) is 18.4 Å². The van der Waals surface area contributed by atoms with E-state index >= 15 is 0 Å². The number of nitro groups is 1. The maximum absolute atomic E-state index is 12.9. The average Bonchev–Trinajstić information content (AvgIpc) is 3.20. The lowest BCUT2D eigenvalue weighted by atomic mass is 10.1. The summed E-state index contributed by atoms with van der Waals surface area (Å²) in [5.41, 5.74) is 0.631. The van der Waals surface area contributed by atoms with Crippen molar-refractivity contribution < 1.29 is 29.5 Å². The predicted octanol–water partition coefficient (Wildman–Crippen LogP) is 4.61. The number of nitrogens with zero attached hydrogens (tertiary/aromatic N) is 2. The molecule has 9 nitrogen and oxygen atoms in total. The molecule has 32 heavy (non-hydrogen) atoms. The van der Waals surface area contributed by atoms with Gasteiger partial charge in [0.05, 0.1) is 4.92 Å². The third-order valence-corrected chi connectivity index (χ3v) is 6.82. The van der Waals surface area contributed by atoms with Crippen molar-refractivity contribution in [3.05, 3.63) is 39.9 Å². The van der Waals surface area contributed by atoms with Crippen LogP contribution < -0.4 is 0 Å². The Morgan fingerprint density at radius 3 is 1.97 bits per heavy atom. The van der Waals surface area contributed by atoms with Gasteiger partial charge in [0, 0.05) is 30.7 Å². The van der Waals surface area contributed by atoms with E-state index in [2.05, 4.69) is 0 Å². The van der Waals surface area contributed by atoms with Crippen molar-refractivity contribution in [1.82, 2.24) is 4.90 Å². The number of hydrogen-bond donors (Lipinski definition) is 2. The number of carbonyl (C=O) groups excluding carboxylic acids is 1. The van der Waals surface area contributed by atoms with Crippen molar-refractivity contribution in [2.24, 2.45) is 0 Å². The van der Waals surface area contributed by atoms with Crippen LogP contribution in [0.2, 0.25) is 0 Å². The summed E-state index contributed by atoms with van der Waals surface area (Å²) in [6, 6.07) is 4.99. The number of unbranched alkanes of at least 4 members (excludes halogenated alkanes) is 7. The van der Waals surface area contributed by atoms with Crippen LogP contribution in [0.15, 0.2) is 24.3 Å². The zero-order valence-electron chi connectivity index (χ0n) is 18.0. The second kappa shape index (κ2) is 13.0. The summed E-state index contributed by atoms with van der Waals surface area (Å²) in [5, 5.41) is 28.6. The first kappa shape index (κ1) is 25.6. The maximum Gasteiger partial charge on any atom is 0.327 e. The lowest BCUT2D eigenvalue weighted by Gasteiger charge is -2.27. The van der Waals surface area contributed by atoms with E-state index in [-0.39, 0.29) is 30.2 Å². The number of carboxylic acids is 2. The van der Waals surface area contributed by atoms with Crippen LogP contribution in [0.3, 0.4) is 0 Å². The number of benzene rings is 1. The minimum absolute atomic E-state index is 0.0497. The molecule has 1 heterocycles. The topological polar surface area (TPSA) is 138 Å². The molecular formula is C22H30N2O7S. The molecule has 1 unspecified atom stereocenters. The highest BCUT2D eigenvalue weighted by Crippen LogP contribution is 2.42. The van der Waals surface area contributed by atoms with Gasteiger partial charge < -0.3 is 15.1 Å². The second-order valence-corrected chi connectivity index (χ2v) is 9.02. The highest BCUT2D eigenvalue weighted by atomic mass is 32.2. The highest BCUT2D eigenvalue weighted by molar-refractivity contribution is 7.99. The van der Waals surface area contributed by atoms with Gasteiger partial charge >= 0.3 is 11.9 Å². The molecule has 1 saturated heterocycles. The SMILES string of the molecule is O=C(O)CCCCCCCCCCC(=O)N1C(c2ccc([N+](=O)[O-])cc2)SC[C@H]1C(=O)O. The number of amides is 1. The van der Waals surface area contributed by atoms with Crippen molar-refractivity contribution in [1.29, 1.82) is 0 Å². The average molecular weight is 467 g/mol. The van der Waals surface area contributed by atoms with Crippen molar-refractivity contribution in [3.8, 4) is 0 Å². The minimum Gasteiger partial charge on any atom is -0.481 e. The molecule has 0 saturated carbocycles. The standard InChI is InChI=1S/C22H30N2O7S/c25-19(9-7-5-3-1-2-4-6-8-10-20(26)27)23-18(22(28)29)15-32-21(23)16-11-13-17(14-12-16)24(30)31/h11-14,18,21H,1-10,15H2,(H,26,27)(H,28,29)/t18-,21?/m0/s1. The molecule has 176 valence electrons. The Bertz CT molecular complexity index is 800. The van der Waals surface area contributed by atoms with Gasteiger partial charge in [-0.2, -0.15) is 0 Å². The van der Waals surface area contributed by atoms with Crippen LogP contribution in [0.25, 0.3) is 0 Å². The third-order valence-electron chi connectivity index (χ3n) is 5.49. The number of carbonyl (C=O) groups is 3. The van der Waals surface area contributed by atoms with Crippen molar-refractivity contribution in [3.63, 3.8) is 0 Å². The Balaban J connectivity index is 1.80. The number of non-ortho nitro benzene ring substituents is 1. The second-order valence-electron chi connectivity index (χ2n) is 7.91. The number of hydrogen-bond acceptors (Lipinski definition) is 6. The molecule has 1 aromatic carbocycles. The normalized spacial score (nSPS) is 17.9. The molecule has 10 heteroatoms. The van der Waals surface area contributed by atoms with Gasteiger partial charge in [0.25, 0.3) is 5.69 Å². The maximum atomic E-state index is 12.9. The Kier molecular flexibility index (Phi) is 10.5. The Morgan fingerprint density at radius 1 is 0.938 bits per heavy atom. The highest BCUT2D eigenvalue weighted by Gasteiger charge is 2.42. The molecule has 1 aliphatic heterocycles. The molecule has 2 N–H and O–H groups in total. The molecule has 0 radical (unpaired) electrons. The number of rotatable bonds is 14. The molecule has 0 aromatic heterocycles. The van der Waals surface area contributed by atoms with Gasteiger partial charge in [0.1, 0.15) is 11.4 Å². The van der Waals surface area contributed by atoms with Crippen LogP contribution in [-0.2, 0) is 14.4 Å². The number of thioether (sulfide) groups is 1. The first-order chi connectivity index (χ1) is 15.3. The van der Waals surface area contributed by atoms with Crippen LogP contribution in [0.4, 0.5) is 5.69 Å². The van der Waals surface area contributed by atoms with Crippen molar-refractivity contribution >= 4 is 35.3 Å². The van der Waals surface area contributed by atoms with E-state index in [0.717, 1.165) is 38.5 Å². The van der Waals surface area contributed by atoms with Gasteiger partial charge in [-0.3, -0.25) is 19.7 Å². The van der Waals surface area contributed by atoms with Crippen molar-refractivity contribution in [2.75, 3.05) is 5.75 Å². The Morgan fingerprint density at radius 2 is 1.47 bits per heavy atom. The van der Waals surface area contributed by atoms with Crippen LogP contribution in [0, 0.1) is 10.1 Å². The fourth-order valence-electron chi connectivity index (χ4n) is 3.76. The summed E-state index contributed by atoms with van der Waals surface area (Å²) in [6.07, 6.45) is 7.73. The number of aliphatic carboxylic acids is 2. The Labute approximate surface area is 191 Å². The van der Waals surface area contributed by atoms with Gasteiger partial charge in [-0.25, -0.2) is 4.79 Å². The third kappa shape index (κ3) is 7.81. The van der Waals surface area contributed by atoms with E-state index in [1.54, 1.807) is 12.1 Å². The summed E-state index contributed by atoms with van der Waals surface area (Å²) >= 11 is 1.36. The van der Waals surface area contributed by atoms with Crippen LogP contribution in [-0.4, -0.2) is 49.7 Å². The number of carboxylic acid groups (broad SMARTS) is 2. The van der Waals surface area contributed by atoms with Gasteiger partial charge in [-0.1, -0.05) is 38.5 Å². The predicted molar refractivity (Wildman–Crippen MR) is 120 cm³/mol. The van der Waals surface area contributed by atoms with Crippen molar-refractivity contribution in [2.45, 2.75) is 75.6 Å². The van der Waals surface area contributed by atoms with E-state index in [1.165, 1.54) is 28.8 Å². The molecule has 0 aliphatic carbocycles. The van der Waals surface area contributed by atoms with Gasteiger partial charge in [-0.05, 0) is 30.5 Å². The summed E-state index contributed by atoms with van der Waals surface area (Å²) < 4.78 is 0. The molecule has 2 rings (SSSR count). The number of nitro benzene ring substituents is 1. The largest absolute Gasteiger partial charge is 0.481 e. The summed E-state index contributed by atoms with van der Waals surface area (Å²) in [7, 11) is 0. The van der Waals surface area contributed by atoms with Gasteiger partial charge in [0.2, 0.25) is 5.91 Å². The lowest BCUT2D eigenvalue weighted by Crippen LogP contribution is -2.42. The quantitative estimate of drug-likeness (QED) is 0.230. The smallest absolute Gasteiger partial charge is 0.327 e. The lowest BCUT2D eigenvalue weighted by molar-refractivity contribution is -0.384. The molecule has 1 aliphatic rings. The molecule has 2 atom stereocenters. The molecule has 0 bridgehead atoms. The van der Waals surface area contributed by atoms with E-state index in [4.69, 9.17) is 5.11 Å².